The number of aliphatic carboxylic acids is 1. The summed E-state index contributed by atoms with van der Waals surface area (Å²) in [5.74, 6) is -0.471. The maximum Gasteiger partial charge on any atom is 0.321 e. The number of rotatable bonds is 5. The van der Waals surface area contributed by atoms with Crippen molar-refractivity contribution in [1.29, 1.82) is 0 Å². The second-order valence-electron chi connectivity index (χ2n) is 7.86. The van der Waals surface area contributed by atoms with E-state index in [0.29, 0.717) is 18.7 Å². The number of hydrogen-bond acceptors (Lipinski definition) is 3. The van der Waals surface area contributed by atoms with E-state index >= 15 is 0 Å². The van der Waals surface area contributed by atoms with Gasteiger partial charge >= 0.3 is 12.0 Å². The molecule has 0 spiro atoms. The van der Waals surface area contributed by atoms with Gasteiger partial charge in [-0.15, -0.1) is 0 Å². The maximum absolute atomic E-state index is 12.7. The van der Waals surface area contributed by atoms with Crippen LogP contribution in [0.4, 0.5) is 10.5 Å². The number of ether oxygens (including phenoxy) is 1. The molecule has 3 rings (SSSR count). The van der Waals surface area contributed by atoms with Crippen molar-refractivity contribution in [1.82, 2.24) is 4.90 Å². The van der Waals surface area contributed by atoms with E-state index in [2.05, 4.69) is 5.32 Å². The first-order chi connectivity index (χ1) is 13.8. The first-order valence-electron chi connectivity index (χ1n) is 9.94. The molecule has 0 aliphatic carbocycles. The Labute approximate surface area is 171 Å². The van der Waals surface area contributed by atoms with Crippen LogP contribution in [0.25, 0.3) is 0 Å². The van der Waals surface area contributed by atoms with Crippen molar-refractivity contribution in [3.8, 4) is 5.75 Å². The molecule has 0 aromatic heterocycles. The molecule has 2 aromatic rings. The molecular formula is C23H28N2O4. The minimum Gasteiger partial charge on any atom is -0.486 e. The number of carboxylic acids is 1. The van der Waals surface area contributed by atoms with E-state index in [1.54, 1.807) is 4.90 Å². The molecule has 6 heteroatoms. The van der Waals surface area contributed by atoms with Gasteiger partial charge in [-0.05, 0) is 55.5 Å². The first-order valence-corrected chi connectivity index (χ1v) is 9.94. The lowest BCUT2D eigenvalue weighted by Crippen LogP contribution is -2.47. The van der Waals surface area contributed by atoms with Crippen molar-refractivity contribution in [2.24, 2.45) is 11.8 Å². The molecule has 6 nitrogen and oxygen atoms in total. The molecule has 29 heavy (non-hydrogen) atoms. The summed E-state index contributed by atoms with van der Waals surface area (Å²) >= 11 is 0. The van der Waals surface area contributed by atoms with Gasteiger partial charge in [0.25, 0.3) is 0 Å². The Kier molecular flexibility index (Phi) is 6.42. The molecule has 2 N–H and O–H groups in total. The molecule has 1 aliphatic heterocycles. The number of nitrogens with one attached hydrogen (secondary N) is 1. The highest BCUT2D eigenvalue weighted by molar-refractivity contribution is 5.90. The van der Waals surface area contributed by atoms with Crippen molar-refractivity contribution in [2.75, 3.05) is 18.4 Å². The van der Waals surface area contributed by atoms with E-state index < -0.39 is 11.9 Å². The normalized spacial score (nSPS) is 20.0. The lowest BCUT2D eigenvalue weighted by molar-refractivity contribution is -0.143. The lowest BCUT2D eigenvalue weighted by Gasteiger charge is -2.34. The second kappa shape index (κ2) is 8.99. The zero-order valence-corrected chi connectivity index (χ0v) is 17.1. The molecule has 0 saturated carbocycles. The van der Waals surface area contributed by atoms with Gasteiger partial charge < -0.3 is 20.1 Å². The van der Waals surface area contributed by atoms with E-state index in [9.17, 15) is 14.7 Å². The summed E-state index contributed by atoms with van der Waals surface area (Å²) in [6, 6.07) is 15.3. The van der Waals surface area contributed by atoms with Crippen LogP contribution in [0.15, 0.2) is 48.5 Å². The van der Waals surface area contributed by atoms with Gasteiger partial charge in [-0.1, -0.05) is 37.3 Å². The standard InChI is InChI=1S/C23H28N2O4/c1-15-11-19(22(26)27)14-25(13-15)23(28)24-21-10-9-20(12-16(21)2)29-17(3)18-7-5-4-6-8-18/h4-10,12,15,17,19H,11,13-14H2,1-3H3,(H,24,28)(H,26,27). The van der Waals surface area contributed by atoms with Crippen LogP contribution >= 0.6 is 0 Å². The van der Waals surface area contributed by atoms with Crippen LogP contribution in [0.5, 0.6) is 5.75 Å². The molecule has 1 saturated heterocycles. The molecular weight excluding hydrogens is 368 g/mol. The number of carboxylic acid groups (broad SMARTS) is 1. The number of piperidine rings is 1. The van der Waals surface area contributed by atoms with E-state index in [1.165, 1.54) is 0 Å². The fraction of sp³-hybridized carbons (Fsp3) is 0.391. The minimum absolute atomic E-state index is 0.0844. The molecule has 154 valence electrons. The fourth-order valence-electron chi connectivity index (χ4n) is 3.74. The Bertz CT molecular complexity index is 868. The van der Waals surface area contributed by atoms with Gasteiger partial charge in [-0.25, -0.2) is 4.79 Å². The van der Waals surface area contributed by atoms with E-state index in [4.69, 9.17) is 4.74 Å². The monoisotopic (exact) mass is 396 g/mol. The van der Waals surface area contributed by atoms with Crippen LogP contribution in [0, 0.1) is 18.8 Å². The number of benzene rings is 2. The number of urea groups is 1. The van der Waals surface area contributed by atoms with Crippen LogP contribution in [-0.2, 0) is 4.79 Å². The van der Waals surface area contributed by atoms with Gasteiger partial charge in [-0.3, -0.25) is 4.79 Å². The summed E-state index contributed by atoms with van der Waals surface area (Å²) in [7, 11) is 0. The molecule has 3 atom stereocenters. The van der Waals surface area contributed by atoms with Gasteiger partial charge in [0.1, 0.15) is 11.9 Å². The Hall–Kier alpha value is -3.02. The number of aryl methyl sites for hydroxylation is 1. The highest BCUT2D eigenvalue weighted by Gasteiger charge is 2.32. The van der Waals surface area contributed by atoms with E-state index in [1.807, 2.05) is 69.3 Å². The lowest BCUT2D eigenvalue weighted by atomic mass is 9.91. The van der Waals surface area contributed by atoms with E-state index in [-0.39, 0.29) is 24.6 Å². The van der Waals surface area contributed by atoms with Crippen molar-refractivity contribution in [3.63, 3.8) is 0 Å². The van der Waals surface area contributed by atoms with Crippen molar-refractivity contribution < 1.29 is 19.4 Å². The average molecular weight is 396 g/mol. The number of hydrogen-bond donors (Lipinski definition) is 2. The molecule has 2 amide bonds. The third-order valence-electron chi connectivity index (χ3n) is 5.32. The van der Waals surface area contributed by atoms with Gasteiger partial charge in [-0.2, -0.15) is 0 Å². The fourth-order valence-corrected chi connectivity index (χ4v) is 3.74. The van der Waals surface area contributed by atoms with Crippen molar-refractivity contribution >= 4 is 17.7 Å². The molecule has 2 aromatic carbocycles. The van der Waals surface area contributed by atoms with E-state index in [0.717, 1.165) is 16.9 Å². The van der Waals surface area contributed by atoms with Crippen LogP contribution in [0.1, 0.15) is 37.5 Å². The quantitative estimate of drug-likeness (QED) is 0.767. The Balaban J connectivity index is 1.64. The number of nitrogens with zero attached hydrogens (tertiary/aromatic N) is 1. The highest BCUT2D eigenvalue weighted by Crippen LogP contribution is 2.27. The Morgan fingerprint density at radius 1 is 1.17 bits per heavy atom. The maximum atomic E-state index is 12.7. The highest BCUT2D eigenvalue weighted by atomic mass is 16.5. The summed E-state index contributed by atoms with van der Waals surface area (Å²) in [6.45, 7) is 6.68. The number of likely N-dealkylation sites (tertiary alicyclic amines) is 1. The van der Waals surface area contributed by atoms with Crippen molar-refractivity contribution in [3.05, 3.63) is 59.7 Å². The smallest absolute Gasteiger partial charge is 0.321 e. The molecule has 0 bridgehead atoms. The van der Waals surface area contributed by atoms with Gasteiger partial charge in [0, 0.05) is 18.8 Å². The van der Waals surface area contributed by atoms with Crippen LogP contribution < -0.4 is 10.1 Å². The third-order valence-corrected chi connectivity index (χ3v) is 5.32. The minimum atomic E-state index is -0.848. The summed E-state index contributed by atoms with van der Waals surface area (Å²) in [4.78, 5) is 25.6. The summed E-state index contributed by atoms with van der Waals surface area (Å²) in [6.07, 6.45) is 0.517. The van der Waals surface area contributed by atoms with Gasteiger partial charge in [0.05, 0.1) is 5.92 Å². The van der Waals surface area contributed by atoms with Gasteiger partial charge in [0.15, 0.2) is 0 Å². The molecule has 1 aliphatic rings. The summed E-state index contributed by atoms with van der Waals surface area (Å²) in [5.41, 5.74) is 2.67. The third kappa shape index (κ3) is 5.28. The molecule has 1 heterocycles. The zero-order valence-electron chi connectivity index (χ0n) is 17.1. The molecule has 3 unspecified atom stereocenters. The predicted octanol–water partition coefficient (Wildman–Crippen LogP) is 4.71. The van der Waals surface area contributed by atoms with Crippen LogP contribution in [-0.4, -0.2) is 35.1 Å². The molecule has 0 radical (unpaired) electrons. The predicted molar refractivity (Wildman–Crippen MR) is 112 cm³/mol. The average Bonchev–Trinajstić information content (AvgIpc) is 2.70. The zero-order chi connectivity index (χ0) is 21.0. The number of carbonyl (C=O) groups excluding carboxylic acids is 1. The Morgan fingerprint density at radius 2 is 1.90 bits per heavy atom. The topological polar surface area (TPSA) is 78.9 Å². The largest absolute Gasteiger partial charge is 0.486 e. The number of anilines is 1. The second-order valence-corrected chi connectivity index (χ2v) is 7.86. The first kappa shape index (κ1) is 20.7. The number of amides is 2. The Morgan fingerprint density at radius 3 is 2.55 bits per heavy atom. The van der Waals surface area contributed by atoms with Crippen molar-refractivity contribution in [2.45, 2.75) is 33.3 Å². The van der Waals surface area contributed by atoms with Crippen LogP contribution in [0.3, 0.4) is 0 Å². The SMILES string of the molecule is Cc1cc(OC(C)c2ccccc2)ccc1NC(=O)N1CC(C)CC(C(=O)O)C1. The summed E-state index contributed by atoms with van der Waals surface area (Å²) in [5, 5.41) is 12.2. The van der Waals surface area contributed by atoms with Gasteiger partial charge in [0.2, 0.25) is 0 Å². The number of carbonyl (C=O) groups is 2. The summed E-state index contributed by atoms with van der Waals surface area (Å²) < 4.78 is 6.02. The molecule has 1 fully saturated rings. The van der Waals surface area contributed by atoms with Crippen LogP contribution in [0.2, 0.25) is 0 Å².